The molecule has 2 heterocycles. The van der Waals surface area contributed by atoms with Crippen molar-refractivity contribution in [3.8, 4) is 40.2 Å². The van der Waals surface area contributed by atoms with Crippen LogP contribution in [0.1, 0.15) is 11.3 Å². The van der Waals surface area contributed by atoms with Crippen molar-refractivity contribution in [2.45, 2.75) is 6.54 Å². The summed E-state index contributed by atoms with van der Waals surface area (Å²) in [6.45, 7) is 0.321. The van der Waals surface area contributed by atoms with Crippen molar-refractivity contribution < 1.29 is 4.74 Å². The van der Waals surface area contributed by atoms with E-state index in [0.717, 1.165) is 16.8 Å². The number of ether oxygens (including phenoxy) is 1. The van der Waals surface area contributed by atoms with E-state index in [1.54, 1.807) is 35.3 Å². The van der Waals surface area contributed by atoms with Crippen LogP contribution in [0, 0.1) is 11.3 Å². The van der Waals surface area contributed by atoms with Gasteiger partial charge in [-0.1, -0.05) is 30.3 Å². The van der Waals surface area contributed by atoms with E-state index >= 15 is 0 Å². The predicted octanol–water partition coefficient (Wildman–Crippen LogP) is 3.67. The minimum absolute atomic E-state index is 0.321. The molecule has 0 bridgehead atoms. The molecule has 142 valence electrons. The van der Waals surface area contributed by atoms with Crippen LogP contribution in [-0.2, 0) is 13.6 Å². The third-order valence-corrected chi connectivity index (χ3v) is 4.42. The maximum atomic E-state index is 9.30. The molecule has 29 heavy (non-hydrogen) atoms. The fourth-order valence-electron chi connectivity index (χ4n) is 2.90. The summed E-state index contributed by atoms with van der Waals surface area (Å²) in [4.78, 5) is 8.72. The SMILES string of the molecule is Cn1nc(-c2ccccc2)cc1Oc1cc(C#N)ccc1-c1cnc(CN)cn1. The molecule has 0 atom stereocenters. The van der Waals surface area contributed by atoms with Crippen molar-refractivity contribution in [2.24, 2.45) is 12.8 Å². The Hall–Kier alpha value is -4.02. The second kappa shape index (κ2) is 7.92. The van der Waals surface area contributed by atoms with Gasteiger partial charge in [0.25, 0.3) is 0 Å². The van der Waals surface area contributed by atoms with Gasteiger partial charge in [-0.05, 0) is 18.2 Å². The fourth-order valence-corrected chi connectivity index (χ4v) is 2.90. The standard InChI is InChI=1S/C22H18N6O/c1-28-22(10-19(27-28)16-5-3-2-4-6-16)29-21-9-15(11-23)7-8-18(21)20-14-25-17(12-24)13-26-20/h2-10,13-14H,12,24H2,1H3. The van der Waals surface area contributed by atoms with E-state index in [2.05, 4.69) is 21.1 Å². The molecule has 0 unspecified atom stereocenters. The molecule has 0 aliphatic carbocycles. The number of nitriles is 1. The maximum absolute atomic E-state index is 9.30. The van der Waals surface area contributed by atoms with Crippen LogP contribution in [-0.4, -0.2) is 19.7 Å². The first-order valence-electron chi connectivity index (χ1n) is 9.01. The lowest BCUT2D eigenvalue weighted by Gasteiger charge is -2.11. The van der Waals surface area contributed by atoms with Crippen molar-refractivity contribution in [3.63, 3.8) is 0 Å². The van der Waals surface area contributed by atoms with Crippen LogP contribution in [0.2, 0.25) is 0 Å². The molecule has 0 saturated carbocycles. The molecule has 0 amide bonds. The maximum Gasteiger partial charge on any atom is 0.218 e. The Morgan fingerprint density at radius 1 is 1.03 bits per heavy atom. The average molecular weight is 382 g/mol. The highest BCUT2D eigenvalue weighted by Gasteiger charge is 2.14. The van der Waals surface area contributed by atoms with Crippen LogP contribution >= 0.6 is 0 Å². The molecule has 7 nitrogen and oxygen atoms in total. The first kappa shape index (κ1) is 18.3. The Bertz CT molecular complexity index is 1180. The monoisotopic (exact) mass is 382 g/mol. The van der Waals surface area contributed by atoms with Crippen molar-refractivity contribution in [1.29, 1.82) is 5.26 Å². The number of rotatable bonds is 5. The van der Waals surface area contributed by atoms with Crippen molar-refractivity contribution in [3.05, 3.63) is 78.2 Å². The third kappa shape index (κ3) is 3.83. The lowest BCUT2D eigenvalue weighted by molar-refractivity contribution is 0.432. The topological polar surface area (TPSA) is 103 Å². The van der Waals surface area contributed by atoms with Crippen molar-refractivity contribution >= 4 is 0 Å². The molecule has 2 aromatic carbocycles. The van der Waals surface area contributed by atoms with Crippen molar-refractivity contribution in [2.75, 3.05) is 0 Å². The van der Waals surface area contributed by atoms with Gasteiger partial charge >= 0.3 is 0 Å². The smallest absolute Gasteiger partial charge is 0.218 e. The number of hydrogen-bond acceptors (Lipinski definition) is 6. The zero-order chi connectivity index (χ0) is 20.2. The average Bonchev–Trinajstić information content (AvgIpc) is 3.14. The number of nitrogens with two attached hydrogens (primary N) is 1. The van der Waals surface area contributed by atoms with Gasteiger partial charge in [0.15, 0.2) is 0 Å². The van der Waals surface area contributed by atoms with E-state index in [4.69, 9.17) is 10.5 Å². The van der Waals surface area contributed by atoms with Gasteiger partial charge < -0.3 is 10.5 Å². The lowest BCUT2D eigenvalue weighted by Crippen LogP contribution is -2.01. The molecule has 0 radical (unpaired) electrons. The minimum atomic E-state index is 0.321. The van der Waals surface area contributed by atoms with Gasteiger partial charge in [-0.15, -0.1) is 0 Å². The van der Waals surface area contributed by atoms with Gasteiger partial charge in [-0.3, -0.25) is 9.97 Å². The zero-order valence-corrected chi connectivity index (χ0v) is 15.8. The van der Waals surface area contributed by atoms with E-state index in [-0.39, 0.29) is 0 Å². The Morgan fingerprint density at radius 2 is 1.86 bits per heavy atom. The van der Waals surface area contributed by atoms with Crippen LogP contribution in [0.5, 0.6) is 11.6 Å². The Balaban J connectivity index is 1.73. The van der Waals surface area contributed by atoms with Crippen LogP contribution < -0.4 is 10.5 Å². The Labute approximate surface area is 168 Å². The summed E-state index contributed by atoms with van der Waals surface area (Å²) < 4.78 is 7.81. The van der Waals surface area contributed by atoms with E-state index in [9.17, 15) is 5.26 Å². The van der Waals surface area contributed by atoms with E-state index in [1.807, 2.05) is 43.4 Å². The highest BCUT2D eigenvalue weighted by molar-refractivity contribution is 5.69. The summed E-state index contributed by atoms with van der Waals surface area (Å²) in [6.07, 6.45) is 3.28. The Kier molecular flexibility index (Phi) is 5.01. The highest BCUT2D eigenvalue weighted by atomic mass is 16.5. The van der Waals surface area contributed by atoms with Crippen LogP contribution in [0.3, 0.4) is 0 Å². The van der Waals surface area contributed by atoms with Gasteiger partial charge in [0, 0.05) is 30.8 Å². The summed E-state index contributed by atoms with van der Waals surface area (Å²) in [5, 5.41) is 13.8. The van der Waals surface area contributed by atoms with Crippen molar-refractivity contribution in [1.82, 2.24) is 19.7 Å². The van der Waals surface area contributed by atoms with E-state index in [0.29, 0.717) is 35.1 Å². The second-order valence-electron chi connectivity index (χ2n) is 6.38. The highest BCUT2D eigenvalue weighted by Crippen LogP contribution is 2.34. The summed E-state index contributed by atoms with van der Waals surface area (Å²) in [5.74, 6) is 1.05. The molecule has 4 rings (SSSR count). The lowest BCUT2D eigenvalue weighted by atomic mass is 10.1. The molecule has 2 aromatic heterocycles. The fraction of sp³-hybridized carbons (Fsp3) is 0.0909. The number of benzene rings is 2. The molecule has 4 aromatic rings. The summed E-state index contributed by atoms with van der Waals surface area (Å²) in [7, 11) is 1.81. The summed E-state index contributed by atoms with van der Waals surface area (Å²) in [6, 6.07) is 19.1. The first-order valence-corrected chi connectivity index (χ1v) is 9.01. The predicted molar refractivity (Wildman–Crippen MR) is 109 cm³/mol. The molecular formula is C22H18N6O. The van der Waals surface area contributed by atoms with Crippen LogP contribution in [0.4, 0.5) is 0 Å². The van der Waals surface area contributed by atoms with Gasteiger partial charge in [-0.2, -0.15) is 10.4 Å². The summed E-state index contributed by atoms with van der Waals surface area (Å²) >= 11 is 0. The molecule has 0 fully saturated rings. The molecule has 0 saturated heterocycles. The first-order chi connectivity index (χ1) is 14.2. The minimum Gasteiger partial charge on any atom is -0.439 e. The normalized spacial score (nSPS) is 10.5. The second-order valence-corrected chi connectivity index (χ2v) is 6.38. The van der Waals surface area contributed by atoms with Crippen LogP contribution in [0.25, 0.3) is 22.5 Å². The molecule has 2 N–H and O–H groups in total. The summed E-state index contributed by atoms with van der Waals surface area (Å²) in [5.41, 5.74) is 9.94. The number of aromatic nitrogens is 4. The van der Waals surface area contributed by atoms with E-state index < -0.39 is 0 Å². The molecule has 0 aliphatic heterocycles. The van der Waals surface area contributed by atoms with E-state index in [1.165, 1.54) is 0 Å². The quantitative estimate of drug-likeness (QED) is 0.565. The number of aryl methyl sites for hydroxylation is 1. The third-order valence-electron chi connectivity index (χ3n) is 4.42. The largest absolute Gasteiger partial charge is 0.439 e. The number of nitrogens with zero attached hydrogens (tertiary/aromatic N) is 5. The zero-order valence-electron chi connectivity index (χ0n) is 15.8. The molecule has 0 aliphatic rings. The number of hydrogen-bond donors (Lipinski definition) is 1. The molecule has 7 heteroatoms. The van der Waals surface area contributed by atoms with Gasteiger partial charge in [0.1, 0.15) is 5.75 Å². The van der Waals surface area contributed by atoms with Crippen LogP contribution in [0.15, 0.2) is 67.0 Å². The van der Waals surface area contributed by atoms with Gasteiger partial charge in [-0.25, -0.2) is 4.68 Å². The molecular weight excluding hydrogens is 364 g/mol. The Morgan fingerprint density at radius 3 is 2.55 bits per heavy atom. The van der Waals surface area contributed by atoms with Gasteiger partial charge in [0.05, 0.1) is 41.1 Å². The molecule has 0 spiro atoms. The van der Waals surface area contributed by atoms with Gasteiger partial charge in [0.2, 0.25) is 5.88 Å².